The van der Waals surface area contributed by atoms with E-state index in [9.17, 15) is 29.2 Å². The second kappa shape index (κ2) is 11.6. The summed E-state index contributed by atoms with van der Waals surface area (Å²) in [5.41, 5.74) is 7.11. The number of rotatable bonds is 10. The van der Waals surface area contributed by atoms with Crippen LogP contribution < -0.4 is 5.73 Å². The number of carboxylic acids is 1. The number of likely N-dealkylation sites (tertiary alicyclic amines) is 1. The van der Waals surface area contributed by atoms with E-state index in [1.165, 1.54) is 11.8 Å². The molecule has 9 nitrogen and oxygen atoms in total. The second-order valence-corrected chi connectivity index (χ2v) is 11.6. The van der Waals surface area contributed by atoms with E-state index < -0.39 is 49.8 Å². The molecule has 1 saturated heterocycles. The van der Waals surface area contributed by atoms with Crippen LogP contribution in [-0.2, 0) is 31.3 Å². The first-order valence-electron chi connectivity index (χ1n) is 11.6. The first kappa shape index (κ1) is 26.6. The van der Waals surface area contributed by atoms with E-state index >= 15 is 0 Å². The summed E-state index contributed by atoms with van der Waals surface area (Å²) in [6, 6.07) is 14.2. The molecule has 2 aromatic carbocycles. The topological polar surface area (TPSA) is 141 Å². The number of aliphatic hydroxyl groups is 1. The Bertz CT molecular complexity index is 1030. The summed E-state index contributed by atoms with van der Waals surface area (Å²) in [5.74, 6) is -2.64. The summed E-state index contributed by atoms with van der Waals surface area (Å²) in [5, 5.41) is 19.9. The molecule has 0 aliphatic carbocycles. The monoisotopic (exact) mass is 501 g/mol. The van der Waals surface area contributed by atoms with Gasteiger partial charge in [0.15, 0.2) is 13.3 Å². The van der Waals surface area contributed by atoms with Crippen LogP contribution in [0.4, 0.5) is 0 Å². The maximum absolute atomic E-state index is 14.8. The lowest BCUT2D eigenvalue weighted by atomic mass is 10.1. The molecule has 3 atom stereocenters. The van der Waals surface area contributed by atoms with Gasteiger partial charge in [-0.25, -0.2) is 4.79 Å². The van der Waals surface area contributed by atoms with Crippen LogP contribution in [0.1, 0.15) is 30.9 Å². The SMILES string of the molecule is C[C@H](N)C(=O)N1CCC[C@H]1C(=O)N([C@@H](CO)C(=O)O)P(=O)(Cc1ccccc1)Cc1ccccc1. The summed E-state index contributed by atoms with van der Waals surface area (Å²) in [6.45, 7) is 0.898. The van der Waals surface area contributed by atoms with Crippen molar-refractivity contribution in [3.05, 3.63) is 71.8 Å². The predicted octanol–water partition coefficient (Wildman–Crippen LogP) is 2.28. The average molecular weight is 502 g/mol. The quantitative estimate of drug-likeness (QED) is 0.424. The van der Waals surface area contributed by atoms with Crippen LogP contribution in [-0.4, -0.2) is 68.8 Å². The Labute approximate surface area is 205 Å². The lowest BCUT2D eigenvalue weighted by Crippen LogP contribution is -2.55. The van der Waals surface area contributed by atoms with Crippen LogP contribution in [0.25, 0.3) is 0 Å². The molecule has 10 heteroatoms. The fourth-order valence-electron chi connectivity index (χ4n) is 4.49. The molecular weight excluding hydrogens is 469 g/mol. The maximum Gasteiger partial charge on any atom is 0.329 e. The van der Waals surface area contributed by atoms with Gasteiger partial charge in [0.1, 0.15) is 6.04 Å². The Hall–Kier alpha value is -3.00. The van der Waals surface area contributed by atoms with Crippen LogP contribution in [0.5, 0.6) is 0 Å². The van der Waals surface area contributed by atoms with Crippen LogP contribution >= 0.6 is 7.29 Å². The van der Waals surface area contributed by atoms with Gasteiger partial charge >= 0.3 is 5.97 Å². The highest BCUT2D eigenvalue weighted by Crippen LogP contribution is 2.57. The van der Waals surface area contributed by atoms with E-state index in [1.54, 1.807) is 60.7 Å². The van der Waals surface area contributed by atoms with E-state index in [4.69, 9.17) is 5.73 Å². The standard InChI is InChI=1S/C25H32N3O6P/c1-18(26)23(30)27-14-8-13-21(27)24(31)28(22(15-29)25(32)33)35(34,16-19-9-4-2-5-10-19)17-20-11-6-3-7-12-20/h2-7,9-12,18,21-22,29H,8,13-17,26H2,1H3,(H,32,33)/t18-,21-,22-/m0/s1. The smallest absolute Gasteiger partial charge is 0.329 e. The molecule has 1 aliphatic rings. The minimum Gasteiger partial charge on any atom is -0.480 e. The molecule has 1 aliphatic heterocycles. The van der Waals surface area contributed by atoms with Crippen molar-refractivity contribution in [2.24, 2.45) is 5.73 Å². The normalized spacial score (nSPS) is 17.6. The molecule has 0 spiro atoms. The van der Waals surface area contributed by atoms with Crippen LogP contribution in [0, 0.1) is 0 Å². The van der Waals surface area contributed by atoms with E-state index in [-0.39, 0.29) is 12.3 Å². The third-order valence-electron chi connectivity index (χ3n) is 6.13. The molecule has 0 bridgehead atoms. The molecule has 1 fully saturated rings. The van der Waals surface area contributed by atoms with Crippen molar-refractivity contribution in [2.45, 2.75) is 50.2 Å². The van der Waals surface area contributed by atoms with Crippen molar-refractivity contribution in [3.8, 4) is 0 Å². The lowest BCUT2D eigenvalue weighted by Gasteiger charge is -2.39. The van der Waals surface area contributed by atoms with Gasteiger partial charge in [-0.1, -0.05) is 60.7 Å². The molecule has 0 saturated carbocycles. The Morgan fingerprint density at radius 2 is 1.57 bits per heavy atom. The van der Waals surface area contributed by atoms with E-state index in [0.717, 1.165) is 4.67 Å². The summed E-state index contributed by atoms with van der Waals surface area (Å²) in [4.78, 5) is 40.2. The predicted molar refractivity (Wildman–Crippen MR) is 132 cm³/mol. The van der Waals surface area contributed by atoms with Crippen LogP contribution in [0.2, 0.25) is 0 Å². The van der Waals surface area contributed by atoms with Crippen molar-refractivity contribution in [1.29, 1.82) is 0 Å². The summed E-state index contributed by atoms with van der Waals surface area (Å²) < 4.78 is 15.6. The Balaban J connectivity index is 2.11. The zero-order valence-electron chi connectivity index (χ0n) is 19.7. The highest BCUT2D eigenvalue weighted by atomic mass is 31.2. The third-order valence-corrected chi connectivity index (χ3v) is 9.11. The second-order valence-electron chi connectivity index (χ2n) is 8.83. The minimum absolute atomic E-state index is 0.0772. The molecule has 2 amide bonds. The molecule has 4 N–H and O–H groups in total. The van der Waals surface area contributed by atoms with Gasteiger partial charge in [0.25, 0.3) is 5.91 Å². The molecule has 0 radical (unpaired) electrons. The van der Waals surface area contributed by atoms with E-state index in [2.05, 4.69) is 0 Å². The largest absolute Gasteiger partial charge is 0.480 e. The van der Waals surface area contributed by atoms with Gasteiger partial charge in [-0.05, 0) is 30.9 Å². The molecule has 188 valence electrons. The lowest BCUT2D eigenvalue weighted by molar-refractivity contribution is -0.150. The number of carbonyl (C=O) groups excluding carboxylic acids is 2. The fourth-order valence-corrected chi connectivity index (χ4v) is 7.65. The van der Waals surface area contributed by atoms with Crippen molar-refractivity contribution in [1.82, 2.24) is 9.57 Å². The summed E-state index contributed by atoms with van der Waals surface area (Å²) >= 11 is 0. The van der Waals surface area contributed by atoms with Crippen molar-refractivity contribution >= 4 is 25.1 Å². The molecule has 0 unspecified atom stereocenters. The summed E-state index contributed by atoms with van der Waals surface area (Å²) in [7, 11) is -3.82. The first-order valence-corrected chi connectivity index (χ1v) is 13.6. The van der Waals surface area contributed by atoms with Gasteiger partial charge in [-0.2, -0.15) is 0 Å². The molecule has 35 heavy (non-hydrogen) atoms. The minimum atomic E-state index is -3.82. The Kier molecular flexibility index (Phi) is 8.83. The fraction of sp³-hybridized carbons (Fsp3) is 0.400. The Morgan fingerprint density at radius 3 is 2.00 bits per heavy atom. The van der Waals surface area contributed by atoms with E-state index in [1.807, 2.05) is 0 Å². The van der Waals surface area contributed by atoms with Gasteiger partial charge < -0.3 is 20.8 Å². The van der Waals surface area contributed by atoms with Gasteiger partial charge in [-0.3, -0.25) is 18.8 Å². The Morgan fingerprint density at radius 1 is 1.06 bits per heavy atom. The van der Waals surface area contributed by atoms with Gasteiger partial charge in [-0.15, -0.1) is 0 Å². The zero-order chi connectivity index (χ0) is 25.6. The number of hydrogen-bond donors (Lipinski definition) is 3. The number of nitrogens with zero attached hydrogens (tertiary/aromatic N) is 2. The van der Waals surface area contributed by atoms with Crippen LogP contribution in [0.3, 0.4) is 0 Å². The van der Waals surface area contributed by atoms with Gasteiger partial charge in [0.05, 0.1) is 12.6 Å². The number of carbonyl (C=O) groups is 3. The number of carboxylic acid groups (broad SMARTS) is 1. The van der Waals surface area contributed by atoms with Crippen molar-refractivity contribution in [2.75, 3.05) is 13.2 Å². The highest BCUT2D eigenvalue weighted by Gasteiger charge is 2.47. The maximum atomic E-state index is 14.8. The number of aliphatic carboxylic acids is 1. The number of hydrogen-bond acceptors (Lipinski definition) is 6. The van der Waals surface area contributed by atoms with Crippen LogP contribution in [0.15, 0.2) is 60.7 Å². The number of nitrogens with two attached hydrogens (primary N) is 1. The van der Waals surface area contributed by atoms with Crippen molar-refractivity contribution in [3.63, 3.8) is 0 Å². The van der Waals surface area contributed by atoms with Gasteiger partial charge in [0, 0.05) is 18.9 Å². The number of benzene rings is 2. The van der Waals surface area contributed by atoms with Crippen molar-refractivity contribution < 1.29 is 29.2 Å². The number of amides is 2. The first-order chi connectivity index (χ1) is 16.7. The highest BCUT2D eigenvalue weighted by molar-refractivity contribution is 7.60. The molecule has 0 aromatic heterocycles. The average Bonchev–Trinajstić information content (AvgIpc) is 3.32. The van der Waals surface area contributed by atoms with E-state index in [0.29, 0.717) is 30.5 Å². The molecular formula is C25H32N3O6P. The molecule has 2 aromatic rings. The molecule has 3 rings (SSSR count). The summed E-state index contributed by atoms with van der Waals surface area (Å²) in [6.07, 6.45) is 0.669. The zero-order valence-corrected chi connectivity index (χ0v) is 20.6. The molecule has 1 heterocycles. The van der Waals surface area contributed by atoms with Gasteiger partial charge in [0.2, 0.25) is 5.91 Å². The third kappa shape index (κ3) is 6.17. The number of aliphatic hydroxyl groups excluding tert-OH is 1.